The van der Waals surface area contributed by atoms with Crippen molar-refractivity contribution in [3.63, 3.8) is 0 Å². The molecule has 26 heavy (non-hydrogen) atoms. The molecule has 0 spiro atoms. The molecule has 2 unspecified atom stereocenters. The Morgan fingerprint density at radius 3 is 2.62 bits per heavy atom. The van der Waals surface area contributed by atoms with Crippen molar-refractivity contribution in [1.29, 1.82) is 0 Å². The van der Waals surface area contributed by atoms with Crippen LogP contribution in [-0.2, 0) is 21.2 Å². The molecular formula is C18H28N4O3S. The van der Waals surface area contributed by atoms with Gasteiger partial charge in [-0.15, -0.1) is 0 Å². The largest absolute Gasteiger partial charge is 0.332 e. The van der Waals surface area contributed by atoms with E-state index in [1.165, 1.54) is 0 Å². The number of sulfone groups is 1. The fraction of sp³-hybridized carbons (Fsp3) is 0.778. The molecule has 0 N–H and O–H groups in total. The molecule has 1 saturated carbocycles. The first kappa shape index (κ1) is 18.0. The molecule has 2 aliphatic heterocycles. The van der Waals surface area contributed by atoms with E-state index >= 15 is 0 Å². The molecule has 144 valence electrons. The lowest BCUT2D eigenvalue weighted by molar-refractivity contribution is -0.139. The molecule has 8 heteroatoms. The lowest BCUT2D eigenvalue weighted by Crippen LogP contribution is -2.54. The number of rotatable bonds is 5. The minimum atomic E-state index is -3.14. The van der Waals surface area contributed by atoms with E-state index in [1.54, 1.807) is 10.9 Å². The van der Waals surface area contributed by atoms with Gasteiger partial charge in [0.1, 0.15) is 0 Å². The van der Waals surface area contributed by atoms with Gasteiger partial charge in [0.15, 0.2) is 9.84 Å². The fourth-order valence-corrected chi connectivity index (χ4v) is 5.82. The Hall–Kier alpha value is -1.41. The van der Waals surface area contributed by atoms with Gasteiger partial charge in [-0.1, -0.05) is 0 Å². The third-order valence-corrected chi connectivity index (χ3v) is 7.56. The number of aryl methyl sites for hydroxylation is 1. The van der Waals surface area contributed by atoms with Gasteiger partial charge in [0.05, 0.1) is 29.8 Å². The van der Waals surface area contributed by atoms with Crippen molar-refractivity contribution in [1.82, 2.24) is 19.6 Å². The highest BCUT2D eigenvalue weighted by Crippen LogP contribution is 2.39. The molecule has 0 aromatic carbocycles. The number of carbonyl (C=O) groups is 1. The summed E-state index contributed by atoms with van der Waals surface area (Å²) < 4.78 is 26.3. The van der Waals surface area contributed by atoms with Gasteiger partial charge in [0.25, 0.3) is 0 Å². The van der Waals surface area contributed by atoms with E-state index < -0.39 is 15.9 Å². The molecule has 1 amide bonds. The Labute approximate surface area is 155 Å². The summed E-state index contributed by atoms with van der Waals surface area (Å²) in [6, 6.07) is -0.479. The first-order chi connectivity index (χ1) is 12.5. The smallest absolute Gasteiger partial charge is 0.240 e. The topological polar surface area (TPSA) is 75.5 Å². The van der Waals surface area contributed by atoms with Crippen LogP contribution >= 0.6 is 0 Å². The number of nitrogens with zero attached hydrogens (tertiary/aromatic N) is 4. The zero-order valence-corrected chi connectivity index (χ0v) is 16.2. The summed E-state index contributed by atoms with van der Waals surface area (Å²) in [4.78, 5) is 17.7. The highest BCUT2D eigenvalue weighted by molar-refractivity contribution is 7.91. The van der Waals surface area contributed by atoms with Gasteiger partial charge >= 0.3 is 0 Å². The van der Waals surface area contributed by atoms with Crippen LogP contribution in [-0.4, -0.2) is 71.1 Å². The van der Waals surface area contributed by atoms with E-state index in [0.29, 0.717) is 12.5 Å². The zero-order valence-electron chi connectivity index (χ0n) is 15.4. The Balaban J connectivity index is 1.61. The van der Waals surface area contributed by atoms with Crippen molar-refractivity contribution in [2.45, 2.75) is 51.2 Å². The van der Waals surface area contributed by atoms with Gasteiger partial charge in [0, 0.05) is 24.8 Å². The summed E-state index contributed by atoms with van der Waals surface area (Å²) in [7, 11) is -3.14. The summed E-state index contributed by atoms with van der Waals surface area (Å²) in [6.07, 6.45) is 8.12. The van der Waals surface area contributed by atoms with Crippen LogP contribution < -0.4 is 0 Å². The second-order valence-electron chi connectivity index (χ2n) is 7.82. The molecule has 2 saturated heterocycles. The molecule has 1 aromatic heterocycles. The van der Waals surface area contributed by atoms with Gasteiger partial charge < -0.3 is 4.90 Å². The first-order valence-corrected chi connectivity index (χ1v) is 11.6. The molecule has 0 bridgehead atoms. The Morgan fingerprint density at radius 2 is 2.00 bits per heavy atom. The summed E-state index contributed by atoms with van der Waals surface area (Å²) >= 11 is 0. The third-order valence-electron chi connectivity index (χ3n) is 5.93. The number of amides is 1. The van der Waals surface area contributed by atoms with Gasteiger partial charge in [-0.05, 0) is 51.6 Å². The van der Waals surface area contributed by atoms with E-state index in [2.05, 4.69) is 10.00 Å². The molecule has 7 nitrogen and oxygen atoms in total. The van der Waals surface area contributed by atoms with Crippen LogP contribution in [0.25, 0.3) is 0 Å². The highest BCUT2D eigenvalue weighted by Gasteiger charge is 2.46. The lowest BCUT2D eigenvalue weighted by Gasteiger charge is -2.39. The number of hydrogen-bond acceptors (Lipinski definition) is 5. The maximum absolute atomic E-state index is 13.5. The summed E-state index contributed by atoms with van der Waals surface area (Å²) in [5, 5.41) is 4.29. The molecular weight excluding hydrogens is 352 g/mol. The standard InChI is InChI=1S/C18H28N4O3S/c1-2-21-12-15(11-19-21)16-13-26(24,25)10-9-22(16)18(23)17(14-5-6-14)20-7-3-4-8-20/h11-12,14,16-17H,2-10,13H2,1H3. The molecule has 1 aliphatic carbocycles. The van der Waals surface area contributed by atoms with Crippen molar-refractivity contribution >= 4 is 15.7 Å². The number of hydrogen-bond donors (Lipinski definition) is 0. The van der Waals surface area contributed by atoms with Gasteiger partial charge in [0.2, 0.25) is 5.91 Å². The average Bonchev–Trinajstić information content (AvgIpc) is 3.11. The minimum absolute atomic E-state index is 0.00549. The van der Waals surface area contributed by atoms with Crippen LogP contribution in [0.4, 0.5) is 0 Å². The van der Waals surface area contributed by atoms with Crippen LogP contribution in [0.15, 0.2) is 12.4 Å². The van der Waals surface area contributed by atoms with Crippen molar-refractivity contribution in [3.05, 3.63) is 18.0 Å². The average molecular weight is 381 g/mol. The molecule has 3 aliphatic rings. The van der Waals surface area contributed by atoms with E-state index in [9.17, 15) is 13.2 Å². The Bertz CT molecular complexity index is 765. The summed E-state index contributed by atoms with van der Waals surface area (Å²) in [5.41, 5.74) is 0.833. The molecule has 3 fully saturated rings. The van der Waals surface area contributed by atoms with Crippen molar-refractivity contribution in [2.24, 2.45) is 5.92 Å². The van der Waals surface area contributed by atoms with Crippen LogP contribution in [0.2, 0.25) is 0 Å². The molecule has 1 aromatic rings. The highest BCUT2D eigenvalue weighted by atomic mass is 32.2. The van der Waals surface area contributed by atoms with Crippen LogP contribution in [0, 0.1) is 5.92 Å². The third kappa shape index (κ3) is 3.53. The van der Waals surface area contributed by atoms with Crippen LogP contribution in [0.5, 0.6) is 0 Å². The predicted molar refractivity (Wildman–Crippen MR) is 98.3 cm³/mol. The molecule has 2 atom stereocenters. The van der Waals surface area contributed by atoms with Gasteiger partial charge in [-0.25, -0.2) is 8.42 Å². The monoisotopic (exact) mass is 380 g/mol. The minimum Gasteiger partial charge on any atom is -0.332 e. The number of likely N-dealkylation sites (tertiary alicyclic amines) is 1. The van der Waals surface area contributed by atoms with Crippen LogP contribution in [0.1, 0.15) is 44.2 Å². The molecule has 4 rings (SSSR count). The van der Waals surface area contributed by atoms with Crippen molar-refractivity contribution < 1.29 is 13.2 Å². The Kier molecular flexibility index (Phi) is 4.81. The van der Waals surface area contributed by atoms with Crippen molar-refractivity contribution in [3.8, 4) is 0 Å². The predicted octanol–water partition coefficient (Wildman–Crippen LogP) is 1.08. The van der Waals surface area contributed by atoms with E-state index in [-0.39, 0.29) is 23.5 Å². The summed E-state index contributed by atoms with van der Waals surface area (Å²) in [5.74, 6) is 0.636. The van der Waals surface area contributed by atoms with Gasteiger partial charge in [-0.3, -0.25) is 14.4 Å². The van der Waals surface area contributed by atoms with E-state index in [1.807, 2.05) is 18.0 Å². The normalized spacial score (nSPS) is 27.6. The second kappa shape index (κ2) is 6.96. The number of carbonyl (C=O) groups excluding carboxylic acids is 1. The maximum atomic E-state index is 13.5. The Morgan fingerprint density at radius 1 is 1.27 bits per heavy atom. The number of aromatic nitrogens is 2. The SMILES string of the molecule is CCn1cc(C2CS(=O)(=O)CCN2C(=O)C(C2CC2)N2CCCC2)cn1. The molecule has 3 heterocycles. The van der Waals surface area contributed by atoms with E-state index in [4.69, 9.17) is 0 Å². The van der Waals surface area contributed by atoms with E-state index in [0.717, 1.165) is 50.9 Å². The fourth-order valence-electron chi connectivity index (χ4n) is 4.33. The molecule has 0 radical (unpaired) electrons. The maximum Gasteiger partial charge on any atom is 0.240 e. The summed E-state index contributed by atoms with van der Waals surface area (Å²) in [6.45, 7) is 4.98. The zero-order chi connectivity index (χ0) is 18.3. The quantitative estimate of drug-likeness (QED) is 0.764. The first-order valence-electron chi connectivity index (χ1n) is 9.76. The van der Waals surface area contributed by atoms with Crippen molar-refractivity contribution in [2.75, 3.05) is 31.1 Å². The van der Waals surface area contributed by atoms with Crippen LogP contribution in [0.3, 0.4) is 0 Å². The lowest BCUT2D eigenvalue weighted by atomic mass is 10.1. The second-order valence-corrected chi connectivity index (χ2v) is 10.0. The van der Waals surface area contributed by atoms with Gasteiger partial charge in [-0.2, -0.15) is 5.10 Å².